The Kier molecular flexibility index (Phi) is 3.58. The van der Waals surface area contributed by atoms with Crippen LogP contribution in [-0.2, 0) is 11.3 Å². The SMILES string of the molecule is CN(Cc1cccc(N)c1)C(=O)C(C)(C)C. The molecule has 0 saturated carbocycles. The minimum absolute atomic E-state index is 0.134. The molecule has 0 atom stereocenters. The molecule has 0 aliphatic heterocycles. The van der Waals surface area contributed by atoms with E-state index in [0.29, 0.717) is 6.54 Å². The summed E-state index contributed by atoms with van der Waals surface area (Å²) in [5.74, 6) is 0.134. The molecule has 0 spiro atoms. The third-order valence-electron chi connectivity index (χ3n) is 2.36. The van der Waals surface area contributed by atoms with Gasteiger partial charge in [-0.1, -0.05) is 32.9 Å². The van der Waals surface area contributed by atoms with E-state index in [4.69, 9.17) is 5.73 Å². The van der Waals surface area contributed by atoms with E-state index < -0.39 is 0 Å². The van der Waals surface area contributed by atoms with Gasteiger partial charge in [0.05, 0.1) is 0 Å². The van der Waals surface area contributed by atoms with Gasteiger partial charge in [0.15, 0.2) is 0 Å². The van der Waals surface area contributed by atoms with Crippen molar-refractivity contribution in [1.82, 2.24) is 4.90 Å². The van der Waals surface area contributed by atoms with Crippen LogP contribution in [0.25, 0.3) is 0 Å². The molecule has 16 heavy (non-hydrogen) atoms. The molecule has 0 bridgehead atoms. The summed E-state index contributed by atoms with van der Waals surface area (Å²) in [5, 5.41) is 0. The van der Waals surface area contributed by atoms with E-state index >= 15 is 0 Å². The van der Waals surface area contributed by atoms with E-state index in [0.717, 1.165) is 11.3 Å². The minimum atomic E-state index is -0.338. The molecule has 1 amide bonds. The van der Waals surface area contributed by atoms with Crippen molar-refractivity contribution in [2.75, 3.05) is 12.8 Å². The number of hydrogen-bond acceptors (Lipinski definition) is 2. The molecule has 3 nitrogen and oxygen atoms in total. The third-order valence-corrected chi connectivity index (χ3v) is 2.36. The van der Waals surface area contributed by atoms with Crippen LogP contribution in [0.1, 0.15) is 26.3 Å². The number of rotatable bonds is 2. The van der Waals surface area contributed by atoms with E-state index in [1.165, 1.54) is 0 Å². The summed E-state index contributed by atoms with van der Waals surface area (Å²) in [5.41, 5.74) is 7.14. The Morgan fingerprint density at radius 3 is 2.50 bits per heavy atom. The van der Waals surface area contributed by atoms with Gasteiger partial charge in [0.2, 0.25) is 5.91 Å². The summed E-state index contributed by atoms with van der Waals surface area (Å²) in [6, 6.07) is 7.62. The number of nitrogen functional groups attached to an aromatic ring is 1. The van der Waals surface area contributed by atoms with Crippen LogP contribution < -0.4 is 5.73 Å². The largest absolute Gasteiger partial charge is 0.399 e. The second-order valence-electron chi connectivity index (χ2n) is 5.16. The zero-order valence-electron chi connectivity index (χ0n) is 10.4. The molecule has 1 rings (SSSR count). The Hall–Kier alpha value is -1.51. The number of hydrogen-bond donors (Lipinski definition) is 1. The molecular formula is C13H20N2O. The van der Waals surface area contributed by atoms with E-state index in [9.17, 15) is 4.79 Å². The van der Waals surface area contributed by atoms with Gasteiger partial charge < -0.3 is 10.6 Å². The van der Waals surface area contributed by atoms with Gasteiger partial charge in [0.25, 0.3) is 0 Å². The lowest BCUT2D eigenvalue weighted by Gasteiger charge is -2.26. The lowest BCUT2D eigenvalue weighted by molar-refractivity contribution is -0.138. The predicted molar refractivity (Wildman–Crippen MR) is 66.8 cm³/mol. The van der Waals surface area contributed by atoms with Crippen LogP contribution in [-0.4, -0.2) is 17.9 Å². The zero-order valence-corrected chi connectivity index (χ0v) is 10.4. The lowest BCUT2D eigenvalue weighted by atomic mass is 9.95. The van der Waals surface area contributed by atoms with Gasteiger partial charge in [-0.15, -0.1) is 0 Å². The highest BCUT2D eigenvalue weighted by molar-refractivity contribution is 5.81. The second-order valence-corrected chi connectivity index (χ2v) is 5.16. The van der Waals surface area contributed by atoms with E-state index in [1.807, 2.05) is 52.1 Å². The number of nitrogens with zero attached hydrogens (tertiary/aromatic N) is 1. The van der Waals surface area contributed by atoms with Crippen LogP contribution in [0, 0.1) is 5.41 Å². The van der Waals surface area contributed by atoms with Gasteiger partial charge in [-0.05, 0) is 17.7 Å². The number of benzene rings is 1. The summed E-state index contributed by atoms with van der Waals surface area (Å²) in [4.78, 5) is 13.7. The van der Waals surface area contributed by atoms with Gasteiger partial charge in [-0.2, -0.15) is 0 Å². The molecule has 88 valence electrons. The van der Waals surface area contributed by atoms with Crippen molar-refractivity contribution in [2.24, 2.45) is 5.41 Å². The first-order valence-electron chi connectivity index (χ1n) is 5.40. The van der Waals surface area contributed by atoms with Gasteiger partial charge in [-0.3, -0.25) is 4.79 Å². The molecule has 0 saturated heterocycles. The van der Waals surface area contributed by atoms with Crippen LogP contribution in [0.3, 0.4) is 0 Å². The Labute approximate surface area is 97.2 Å². The summed E-state index contributed by atoms with van der Waals surface area (Å²) in [6.45, 7) is 6.36. The second kappa shape index (κ2) is 4.56. The number of carbonyl (C=O) groups excluding carboxylic acids is 1. The van der Waals surface area contributed by atoms with Crippen molar-refractivity contribution in [1.29, 1.82) is 0 Å². The Morgan fingerprint density at radius 1 is 1.38 bits per heavy atom. The molecule has 1 aromatic rings. The fourth-order valence-electron chi connectivity index (χ4n) is 1.61. The van der Waals surface area contributed by atoms with Crippen LogP contribution in [0.15, 0.2) is 24.3 Å². The fraction of sp³-hybridized carbons (Fsp3) is 0.462. The molecular weight excluding hydrogens is 200 g/mol. The van der Waals surface area contributed by atoms with Crippen molar-refractivity contribution >= 4 is 11.6 Å². The number of nitrogens with two attached hydrogens (primary N) is 1. The molecule has 0 fully saturated rings. The van der Waals surface area contributed by atoms with Crippen molar-refractivity contribution in [3.63, 3.8) is 0 Å². The quantitative estimate of drug-likeness (QED) is 0.777. The first kappa shape index (κ1) is 12.6. The third kappa shape index (κ3) is 3.26. The van der Waals surface area contributed by atoms with Crippen molar-refractivity contribution in [2.45, 2.75) is 27.3 Å². The number of carbonyl (C=O) groups is 1. The maximum absolute atomic E-state index is 11.9. The van der Waals surface area contributed by atoms with Gasteiger partial charge in [-0.25, -0.2) is 0 Å². The van der Waals surface area contributed by atoms with Crippen molar-refractivity contribution in [3.05, 3.63) is 29.8 Å². The molecule has 0 heterocycles. The van der Waals surface area contributed by atoms with E-state index in [-0.39, 0.29) is 11.3 Å². The topological polar surface area (TPSA) is 46.3 Å². The van der Waals surface area contributed by atoms with Gasteiger partial charge in [0, 0.05) is 24.7 Å². The van der Waals surface area contributed by atoms with Crippen LogP contribution in [0.2, 0.25) is 0 Å². The molecule has 2 N–H and O–H groups in total. The Morgan fingerprint density at radius 2 is 2.00 bits per heavy atom. The molecule has 1 aromatic carbocycles. The number of anilines is 1. The predicted octanol–water partition coefficient (Wildman–Crippen LogP) is 2.27. The highest BCUT2D eigenvalue weighted by Gasteiger charge is 2.24. The van der Waals surface area contributed by atoms with Crippen LogP contribution in [0.4, 0.5) is 5.69 Å². The average molecular weight is 220 g/mol. The Bertz CT molecular complexity index is 380. The van der Waals surface area contributed by atoms with E-state index in [1.54, 1.807) is 4.90 Å². The molecule has 0 radical (unpaired) electrons. The van der Waals surface area contributed by atoms with Crippen molar-refractivity contribution < 1.29 is 4.79 Å². The summed E-state index contributed by atoms with van der Waals surface area (Å²) >= 11 is 0. The Balaban J connectivity index is 2.72. The van der Waals surface area contributed by atoms with Crippen LogP contribution >= 0.6 is 0 Å². The molecule has 3 heteroatoms. The monoisotopic (exact) mass is 220 g/mol. The normalized spacial score (nSPS) is 11.2. The summed E-state index contributed by atoms with van der Waals surface area (Å²) < 4.78 is 0. The minimum Gasteiger partial charge on any atom is -0.399 e. The average Bonchev–Trinajstić information content (AvgIpc) is 2.15. The fourth-order valence-corrected chi connectivity index (χ4v) is 1.61. The standard InChI is InChI=1S/C13H20N2O/c1-13(2,3)12(16)15(4)9-10-6-5-7-11(14)8-10/h5-8H,9,14H2,1-4H3. The van der Waals surface area contributed by atoms with E-state index in [2.05, 4.69) is 0 Å². The highest BCUT2D eigenvalue weighted by atomic mass is 16.2. The first-order valence-corrected chi connectivity index (χ1v) is 5.40. The zero-order chi connectivity index (χ0) is 12.3. The first-order chi connectivity index (χ1) is 7.30. The molecule has 0 aromatic heterocycles. The van der Waals surface area contributed by atoms with Crippen molar-refractivity contribution in [3.8, 4) is 0 Å². The highest BCUT2D eigenvalue weighted by Crippen LogP contribution is 2.18. The summed E-state index contributed by atoms with van der Waals surface area (Å²) in [6.07, 6.45) is 0. The number of amides is 1. The maximum Gasteiger partial charge on any atom is 0.227 e. The van der Waals surface area contributed by atoms with Gasteiger partial charge in [0.1, 0.15) is 0 Å². The summed E-state index contributed by atoms with van der Waals surface area (Å²) in [7, 11) is 1.82. The molecule has 0 unspecified atom stereocenters. The lowest BCUT2D eigenvalue weighted by Crippen LogP contribution is -2.36. The maximum atomic E-state index is 11.9. The molecule has 0 aliphatic rings. The van der Waals surface area contributed by atoms with Gasteiger partial charge >= 0.3 is 0 Å². The molecule has 0 aliphatic carbocycles. The smallest absolute Gasteiger partial charge is 0.227 e. The van der Waals surface area contributed by atoms with Crippen LogP contribution in [0.5, 0.6) is 0 Å².